The van der Waals surface area contributed by atoms with E-state index in [0.29, 0.717) is 12.3 Å². The van der Waals surface area contributed by atoms with Gasteiger partial charge in [-0.05, 0) is 11.5 Å². The van der Waals surface area contributed by atoms with Crippen LogP contribution in [0.25, 0.3) is 0 Å². The molecule has 1 aromatic rings. The summed E-state index contributed by atoms with van der Waals surface area (Å²) in [7, 11) is 0. The van der Waals surface area contributed by atoms with Crippen molar-refractivity contribution in [2.24, 2.45) is 11.3 Å². The summed E-state index contributed by atoms with van der Waals surface area (Å²) in [5.41, 5.74) is 0.0700. The van der Waals surface area contributed by atoms with Gasteiger partial charge in [0, 0.05) is 6.42 Å². The predicted octanol–water partition coefficient (Wildman–Crippen LogP) is 3.36. The number of carbonyl (C=O) groups is 1. The van der Waals surface area contributed by atoms with Gasteiger partial charge in [0.1, 0.15) is 5.78 Å². The second kappa shape index (κ2) is 5.46. The molecule has 0 fully saturated rings. The molecule has 0 saturated carbocycles. The summed E-state index contributed by atoms with van der Waals surface area (Å²) in [6.07, 6.45) is -0.230. The van der Waals surface area contributed by atoms with Gasteiger partial charge in [-0.3, -0.25) is 4.79 Å². The average Bonchev–Trinajstić information content (AvgIpc) is 2.28. The van der Waals surface area contributed by atoms with Crippen molar-refractivity contribution in [3.63, 3.8) is 0 Å². The van der Waals surface area contributed by atoms with Gasteiger partial charge in [-0.25, -0.2) is 0 Å². The molecule has 1 atom stereocenters. The van der Waals surface area contributed by atoms with E-state index in [4.69, 9.17) is 0 Å². The van der Waals surface area contributed by atoms with Crippen molar-refractivity contribution in [1.82, 2.24) is 0 Å². The molecular weight excluding hydrogens is 212 g/mol. The molecule has 1 rings (SSSR count). The molecule has 94 valence electrons. The quantitative estimate of drug-likeness (QED) is 0.848. The van der Waals surface area contributed by atoms with Crippen LogP contribution in [0.15, 0.2) is 30.3 Å². The molecule has 0 aliphatic carbocycles. The van der Waals surface area contributed by atoms with Crippen molar-refractivity contribution in [2.45, 2.75) is 40.2 Å². The van der Waals surface area contributed by atoms with Crippen LogP contribution in [0.5, 0.6) is 0 Å². The van der Waals surface area contributed by atoms with Crippen molar-refractivity contribution >= 4 is 5.78 Å². The number of aliphatic hydroxyl groups is 1. The van der Waals surface area contributed by atoms with Crippen molar-refractivity contribution in [3.05, 3.63) is 35.9 Å². The summed E-state index contributed by atoms with van der Waals surface area (Å²) < 4.78 is 0. The van der Waals surface area contributed by atoms with Gasteiger partial charge >= 0.3 is 0 Å². The van der Waals surface area contributed by atoms with E-state index in [1.54, 1.807) is 0 Å². The van der Waals surface area contributed by atoms with E-state index >= 15 is 0 Å². The average molecular weight is 234 g/mol. The zero-order chi connectivity index (χ0) is 13.1. The molecule has 0 aromatic heterocycles. The molecule has 2 heteroatoms. The van der Waals surface area contributed by atoms with Crippen molar-refractivity contribution in [3.8, 4) is 0 Å². The molecule has 17 heavy (non-hydrogen) atoms. The molecule has 0 bridgehead atoms. The van der Waals surface area contributed by atoms with Gasteiger partial charge in [-0.2, -0.15) is 0 Å². The standard InChI is InChI=1S/C15H22O2/c1-11(2)10-13(16)15(3,4)14(17)12-8-6-5-7-9-12/h5-9,11,14,17H,10H2,1-4H3. The van der Waals surface area contributed by atoms with Crippen molar-refractivity contribution < 1.29 is 9.90 Å². The second-order valence-electron chi connectivity index (χ2n) is 5.56. The minimum absolute atomic E-state index is 0.115. The number of hydrogen-bond donors (Lipinski definition) is 1. The fourth-order valence-corrected chi connectivity index (χ4v) is 1.84. The van der Waals surface area contributed by atoms with Gasteiger partial charge in [0.2, 0.25) is 0 Å². The van der Waals surface area contributed by atoms with Gasteiger partial charge in [0.05, 0.1) is 11.5 Å². The van der Waals surface area contributed by atoms with Crippen LogP contribution in [-0.2, 0) is 4.79 Å². The topological polar surface area (TPSA) is 37.3 Å². The van der Waals surface area contributed by atoms with Crippen LogP contribution < -0.4 is 0 Å². The maximum Gasteiger partial charge on any atom is 0.141 e. The Hall–Kier alpha value is -1.15. The summed E-state index contributed by atoms with van der Waals surface area (Å²) in [6.45, 7) is 7.66. The van der Waals surface area contributed by atoms with E-state index in [2.05, 4.69) is 0 Å². The van der Waals surface area contributed by atoms with E-state index < -0.39 is 11.5 Å². The summed E-state index contributed by atoms with van der Waals surface area (Å²) in [5, 5.41) is 10.3. The maximum absolute atomic E-state index is 12.1. The fourth-order valence-electron chi connectivity index (χ4n) is 1.84. The maximum atomic E-state index is 12.1. The predicted molar refractivity (Wildman–Crippen MR) is 69.6 cm³/mol. The SMILES string of the molecule is CC(C)CC(=O)C(C)(C)C(O)c1ccccc1. The summed E-state index contributed by atoms with van der Waals surface area (Å²) >= 11 is 0. The Kier molecular flexibility index (Phi) is 4.47. The molecule has 1 aromatic carbocycles. The summed E-state index contributed by atoms with van der Waals surface area (Å²) in [5.74, 6) is 0.439. The highest BCUT2D eigenvalue weighted by atomic mass is 16.3. The third kappa shape index (κ3) is 3.40. The van der Waals surface area contributed by atoms with Gasteiger partial charge in [-0.1, -0.05) is 58.0 Å². The fraction of sp³-hybridized carbons (Fsp3) is 0.533. The monoisotopic (exact) mass is 234 g/mol. The molecule has 0 saturated heterocycles. The van der Waals surface area contributed by atoms with Crippen LogP contribution >= 0.6 is 0 Å². The Morgan fingerprint density at radius 1 is 1.24 bits per heavy atom. The molecule has 0 radical (unpaired) electrons. The third-order valence-electron chi connectivity index (χ3n) is 3.11. The van der Waals surface area contributed by atoms with Gasteiger partial charge < -0.3 is 5.11 Å². The van der Waals surface area contributed by atoms with E-state index in [9.17, 15) is 9.90 Å². The molecule has 1 N–H and O–H groups in total. The van der Waals surface area contributed by atoms with Crippen molar-refractivity contribution in [1.29, 1.82) is 0 Å². The molecule has 2 nitrogen and oxygen atoms in total. The lowest BCUT2D eigenvalue weighted by molar-refractivity contribution is -0.134. The lowest BCUT2D eigenvalue weighted by Crippen LogP contribution is -2.32. The van der Waals surface area contributed by atoms with Crippen molar-refractivity contribution in [2.75, 3.05) is 0 Å². The van der Waals surface area contributed by atoms with E-state index in [1.165, 1.54) is 0 Å². The van der Waals surface area contributed by atoms with Crippen LogP contribution in [0.3, 0.4) is 0 Å². The Labute approximate surface area is 104 Å². The summed E-state index contributed by atoms with van der Waals surface area (Å²) in [4.78, 5) is 12.1. The molecule has 0 spiro atoms. The number of hydrogen-bond acceptors (Lipinski definition) is 2. The van der Waals surface area contributed by atoms with Crippen LogP contribution in [0, 0.1) is 11.3 Å². The number of carbonyl (C=O) groups excluding carboxylic acids is 1. The van der Waals surface area contributed by atoms with E-state index in [0.717, 1.165) is 5.56 Å². The lowest BCUT2D eigenvalue weighted by Gasteiger charge is -2.30. The Morgan fingerprint density at radius 2 is 1.76 bits per heavy atom. The van der Waals surface area contributed by atoms with E-state index in [-0.39, 0.29) is 5.78 Å². The molecule has 0 aliphatic heterocycles. The van der Waals surface area contributed by atoms with Gasteiger partial charge in [0.25, 0.3) is 0 Å². The lowest BCUT2D eigenvalue weighted by atomic mass is 9.76. The van der Waals surface area contributed by atoms with E-state index in [1.807, 2.05) is 58.0 Å². The smallest absolute Gasteiger partial charge is 0.141 e. The Balaban J connectivity index is 2.86. The molecule has 0 heterocycles. The van der Waals surface area contributed by atoms with Gasteiger partial charge in [0.15, 0.2) is 0 Å². The highest BCUT2D eigenvalue weighted by molar-refractivity contribution is 5.85. The number of ketones is 1. The first-order valence-electron chi connectivity index (χ1n) is 6.12. The van der Waals surface area contributed by atoms with Crippen LogP contribution in [0.4, 0.5) is 0 Å². The normalized spacial score (nSPS) is 13.8. The molecule has 1 unspecified atom stereocenters. The van der Waals surface area contributed by atoms with Crippen LogP contribution in [0.1, 0.15) is 45.8 Å². The zero-order valence-electron chi connectivity index (χ0n) is 11.1. The number of aliphatic hydroxyl groups excluding tert-OH is 1. The number of benzene rings is 1. The molecule has 0 amide bonds. The Morgan fingerprint density at radius 3 is 2.24 bits per heavy atom. The second-order valence-corrected chi connectivity index (χ2v) is 5.56. The first-order valence-corrected chi connectivity index (χ1v) is 6.12. The minimum Gasteiger partial charge on any atom is -0.387 e. The highest BCUT2D eigenvalue weighted by Gasteiger charge is 2.36. The number of rotatable bonds is 5. The largest absolute Gasteiger partial charge is 0.387 e. The first kappa shape index (κ1) is 13.9. The number of Topliss-reactive ketones (excluding diaryl/α,β-unsaturated/α-hetero) is 1. The molecular formula is C15H22O2. The third-order valence-corrected chi connectivity index (χ3v) is 3.11. The Bertz CT molecular complexity index is 366. The highest BCUT2D eigenvalue weighted by Crippen LogP contribution is 2.35. The van der Waals surface area contributed by atoms with Crippen LogP contribution in [0.2, 0.25) is 0 Å². The zero-order valence-corrected chi connectivity index (χ0v) is 11.1. The first-order chi connectivity index (χ1) is 7.85. The van der Waals surface area contributed by atoms with Crippen LogP contribution in [-0.4, -0.2) is 10.9 Å². The minimum atomic E-state index is -0.741. The molecule has 0 aliphatic rings. The van der Waals surface area contributed by atoms with Gasteiger partial charge in [-0.15, -0.1) is 0 Å². The summed E-state index contributed by atoms with van der Waals surface area (Å²) in [6, 6.07) is 9.37.